The molecule has 0 aliphatic carbocycles. The quantitative estimate of drug-likeness (QED) is 0.675. The minimum atomic E-state index is 0.762. The average molecular weight is 328 g/mol. The van der Waals surface area contributed by atoms with E-state index in [-0.39, 0.29) is 0 Å². The van der Waals surface area contributed by atoms with Gasteiger partial charge in [0.25, 0.3) is 0 Å². The molecule has 0 saturated carbocycles. The fourth-order valence-electron chi connectivity index (χ4n) is 2.85. The van der Waals surface area contributed by atoms with Crippen molar-refractivity contribution in [1.82, 2.24) is 14.5 Å². The van der Waals surface area contributed by atoms with Crippen molar-refractivity contribution >= 4 is 22.6 Å². The van der Waals surface area contributed by atoms with Crippen LogP contribution in [0.15, 0.2) is 48.5 Å². The highest BCUT2D eigenvalue weighted by Gasteiger charge is 2.11. The van der Waals surface area contributed by atoms with Crippen molar-refractivity contribution in [1.29, 1.82) is 0 Å². The smallest absolute Gasteiger partial charge is 0.114 e. The van der Waals surface area contributed by atoms with Crippen molar-refractivity contribution < 1.29 is 0 Å². The predicted octanol–water partition coefficient (Wildman–Crippen LogP) is 4.23. The number of nitrogens with zero attached hydrogens (tertiary/aromatic N) is 3. The minimum Gasteiger partial charge on any atom is -0.328 e. The summed E-state index contributed by atoms with van der Waals surface area (Å²) in [6.07, 6.45) is 1.93. The molecule has 3 nitrogen and oxygen atoms in total. The lowest BCUT2D eigenvalue weighted by molar-refractivity contribution is 0.386. The Labute approximate surface area is 142 Å². The van der Waals surface area contributed by atoms with Crippen LogP contribution < -0.4 is 0 Å². The van der Waals surface area contributed by atoms with Crippen LogP contribution in [0.4, 0.5) is 0 Å². The van der Waals surface area contributed by atoms with Gasteiger partial charge in [-0.1, -0.05) is 41.9 Å². The van der Waals surface area contributed by atoms with E-state index in [2.05, 4.69) is 47.8 Å². The molecule has 23 heavy (non-hydrogen) atoms. The maximum Gasteiger partial charge on any atom is 0.114 e. The van der Waals surface area contributed by atoms with E-state index < -0.39 is 0 Å². The predicted molar refractivity (Wildman–Crippen MR) is 97.2 cm³/mol. The molecule has 0 saturated heterocycles. The first-order chi connectivity index (χ1) is 11.1. The molecule has 0 N–H and O–H groups in total. The highest BCUT2D eigenvalue weighted by Crippen LogP contribution is 2.22. The van der Waals surface area contributed by atoms with Crippen LogP contribution in [-0.4, -0.2) is 35.1 Å². The summed E-state index contributed by atoms with van der Waals surface area (Å²) in [6.45, 7) is 2.02. The Morgan fingerprint density at radius 3 is 2.61 bits per heavy atom. The third kappa shape index (κ3) is 3.92. The molecule has 1 heterocycles. The third-order valence-electron chi connectivity index (χ3n) is 3.98. The summed E-state index contributed by atoms with van der Waals surface area (Å²) in [5, 5.41) is 0.762. The van der Waals surface area contributed by atoms with Crippen LogP contribution in [-0.2, 0) is 13.0 Å². The maximum absolute atomic E-state index is 6.20. The summed E-state index contributed by atoms with van der Waals surface area (Å²) in [7, 11) is 4.21. The number of halogens is 1. The van der Waals surface area contributed by atoms with Crippen molar-refractivity contribution in [3.05, 3.63) is 64.9 Å². The minimum absolute atomic E-state index is 0.762. The number of benzene rings is 2. The van der Waals surface area contributed by atoms with Gasteiger partial charge in [0.2, 0.25) is 0 Å². The fraction of sp³-hybridized carbons (Fsp3) is 0.316. The molecule has 0 atom stereocenters. The van der Waals surface area contributed by atoms with Crippen LogP contribution in [0.3, 0.4) is 0 Å². The first-order valence-electron chi connectivity index (χ1n) is 7.97. The number of imidazole rings is 1. The van der Waals surface area contributed by atoms with Gasteiger partial charge < -0.3 is 9.47 Å². The third-order valence-corrected chi connectivity index (χ3v) is 4.22. The summed E-state index contributed by atoms with van der Waals surface area (Å²) in [5.74, 6) is 1.10. The zero-order valence-electron chi connectivity index (χ0n) is 13.7. The number of fused-ring (bicyclic) bond motifs is 1. The molecule has 2 aromatic carbocycles. The van der Waals surface area contributed by atoms with Gasteiger partial charge in [-0.2, -0.15) is 0 Å². The molecule has 0 aliphatic heterocycles. The van der Waals surface area contributed by atoms with Gasteiger partial charge in [-0.25, -0.2) is 4.98 Å². The Morgan fingerprint density at radius 2 is 1.87 bits per heavy atom. The highest BCUT2D eigenvalue weighted by atomic mass is 35.5. The Hall–Kier alpha value is -1.84. The molecule has 120 valence electrons. The average Bonchev–Trinajstić information content (AvgIpc) is 2.85. The van der Waals surface area contributed by atoms with Gasteiger partial charge in [0.15, 0.2) is 0 Å². The summed E-state index contributed by atoms with van der Waals surface area (Å²) in [6, 6.07) is 16.4. The van der Waals surface area contributed by atoms with E-state index in [1.807, 2.05) is 24.3 Å². The van der Waals surface area contributed by atoms with E-state index in [4.69, 9.17) is 16.6 Å². The van der Waals surface area contributed by atoms with Crippen LogP contribution in [0.5, 0.6) is 0 Å². The molecular formula is C19H22ClN3. The summed E-state index contributed by atoms with van der Waals surface area (Å²) < 4.78 is 2.32. The molecule has 0 unspecified atom stereocenters. The van der Waals surface area contributed by atoms with Gasteiger partial charge in [0, 0.05) is 18.0 Å². The number of aromatic nitrogens is 2. The summed E-state index contributed by atoms with van der Waals surface area (Å²) in [5.41, 5.74) is 3.43. The van der Waals surface area contributed by atoms with Crippen LogP contribution in [0, 0.1) is 0 Å². The van der Waals surface area contributed by atoms with E-state index in [0.717, 1.165) is 47.8 Å². The number of hydrogen-bond donors (Lipinski definition) is 0. The normalized spacial score (nSPS) is 11.5. The van der Waals surface area contributed by atoms with Crippen LogP contribution in [0.2, 0.25) is 5.02 Å². The first-order valence-corrected chi connectivity index (χ1v) is 8.34. The van der Waals surface area contributed by atoms with E-state index in [1.54, 1.807) is 0 Å². The fourth-order valence-corrected chi connectivity index (χ4v) is 3.02. The number of rotatable bonds is 6. The molecule has 1 aromatic heterocycles. The van der Waals surface area contributed by atoms with Crippen molar-refractivity contribution in [2.75, 3.05) is 20.6 Å². The zero-order valence-corrected chi connectivity index (χ0v) is 14.4. The first kappa shape index (κ1) is 16.0. The monoisotopic (exact) mass is 327 g/mol. The molecule has 0 spiro atoms. The molecular weight excluding hydrogens is 306 g/mol. The van der Waals surface area contributed by atoms with Gasteiger partial charge >= 0.3 is 0 Å². The Bertz CT molecular complexity index is 778. The van der Waals surface area contributed by atoms with Gasteiger partial charge in [0.1, 0.15) is 5.82 Å². The van der Waals surface area contributed by atoms with Gasteiger partial charge in [-0.3, -0.25) is 0 Å². The second-order valence-corrected chi connectivity index (χ2v) is 6.57. The zero-order chi connectivity index (χ0) is 16.2. The number of aryl methyl sites for hydroxylation is 1. The molecule has 0 aliphatic rings. The van der Waals surface area contributed by atoms with Crippen molar-refractivity contribution in [2.45, 2.75) is 19.4 Å². The van der Waals surface area contributed by atoms with E-state index in [9.17, 15) is 0 Å². The second kappa shape index (κ2) is 7.16. The van der Waals surface area contributed by atoms with Crippen molar-refractivity contribution in [3.63, 3.8) is 0 Å². The molecule has 4 heteroatoms. The summed E-state index contributed by atoms with van der Waals surface area (Å²) >= 11 is 6.20. The summed E-state index contributed by atoms with van der Waals surface area (Å²) in [4.78, 5) is 7.05. The lowest BCUT2D eigenvalue weighted by atomic mass is 10.1. The molecule has 3 rings (SSSR count). The van der Waals surface area contributed by atoms with Crippen molar-refractivity contribution in [3.8, 4) is 0 Å². The maximum atomic E-state index is 6.20. The van der Waals surface area contributed by atoms with Gasteiger partial charge in [0.05, 0.1) is 11.0 Å². The second-order valence-electron chi connectivity index (χ2n) is 6.13. The highest BCUT2D eigenvalue weighted by molar-refractivity contribution is 6.31. The molecule has 0 radical (unpaired) electrons. The van der Waals surface area contributed by atoms with Gasteiger partial charge in [-0.15, -0.1) is 0 Å². The SMILES string of the molecule is CN(C)CCCn1c(Cc2ccccc2)nc2ccc(Cl)cc21. The van der Waals surface area contributed by atoms with Gasteiger partial charge in [-0.05, 0) is 50.8 Å². The standard InChI is InChI=1S/C19H22ClN3/c1-22(2)11-6-12-23-18-14-16(20)9-10-17(18)21-19(23)13-15-7-4-3-5-8-15/h3-5,7-10,14H,6,11-13H2,1-2H3. The van der Waals surface area contributed by atoms with Crippen molar-refractivity contribution in [2.24, 2.45) is 0 Å². The molecule has 0 amide bonds. The topological polar surface area (TPSA) is 21.1 Å². The molecule has 0 fully saturated rings. The Kier molecular flexibility index (Phi) is 4.99. The lowest BCUT2D eigenvalue weighted by Gasteiger charge is -2.12. The Morgan fingerprint density at radius 1 is 1.09 bits per heavy atom. The van der Waals surface area contributed by atoms with Crippen LogP contribution >= 0.6 is 11.6 Å². The lowest BCUT2D eigenvalue weighted by Crippen LogP contribution is -2.16. The Balaban J connectivity index is 1.94. The van der Waals surface area contributed by atoms with E-state index >= 15 is 0 Å². The molecule has 3 aromatic rings. The van der Waals surface area contributed by atoms with E-state index in [1.165, 1.54) is 5.56 Å². The molecule has 0 bridgehead atoms. The van der Waals surface area contributed by atoms with Crippen LogP contribution in [0.25, 0.3) is 11.0 Å². The van der Waals surface area contributed by atoms with E-state index in [0.29, 0.717) is 0 Å². The number of hydrogen-bond acceptors (Lipinski definition) is 2. The van der Waals surface area contributed by atoms with Crippen LogP contribution in [0.1, 0.15) is 17.8 Å². The largest absolute Gasteiger partial charge is 0.328 e.